The highest BCUT2D eigenvalue weighted by atomic mass is 35.5. The van der Waals surface area contributed by atoms with Crippen LogP contribution in [0.15, 0.2) is 22.7 Å². The zero-order valence-corrected chi connectivity index (χ0v) is 23.8. The van der Waals surface area contributed by atoms with Crippen LogP contribution >= 0.6 is 23.2 Å². The first-order valence-corrected chi connectivity index (χ1v) is 13.3. The number of amides is 1. The van der Waals surface area contributed by atoms with E-state index in [0.717, 1.165) is 0 Å². The smallest absolute Gasteiger partial charge is 0.409 e. The van der Waals surface area contributed by atoms with Crippen LogP contribution in [-0.2, 0) is 4.74 Å². The molecule has 1 fully saturated rings. The van der Waals surface area contributed by atoms with Crippen LogP contribution in [0.3, 0.4) is 0 Å². The Morgan fingerprint density at radius 3 is 2.64 bits per heavy atom. The molecule has 210 valence electrons. The Hall–Kier alpha value is -3.12. The molecule has 0 unspecified atom stereocenters. The van der Waals surface area contributed by atoms with Crippen LogP contribution < -0.4 is 15.4 Å². The number of anilines is 1. The molecule has 13 heteroatoms. The van der Waals surface area contributed by atoms with Crippen LogP contribution in [0.4, 0.5) is 10.6 Å². The van der Waals surface area contributed by atoms with E-state index in [1.54, 1.807) is 37.1 Å². The second kappa shape index (κ2) is 12.8. The second-order valence-electron chi connectivity index (χ2n) is 9.30. The van der Waals surface area contributed by atoms with Gasteiger partial charge in [0.1, 0.15) is 40.8 Å². The first-order valence-electron chi connectivity index (χ1n) is 12.6. The molecule has 3 N–H and O–H groups in total. The van der Waals surface area contributed by atoms with Crippen molar-refractivity contribution in [3.05, 3.63) is 39.7 Å². The minimum absolute atomic E-state index is 0.0162. The molecule has 4 rings (SSSR count). The van der Waals surface area contributed by atoms with Gasteiger partial charge in [0.05, 0.1) is 23.4 Å². The van der Waals surface area contributed by atoms with Gasteiger partial charge in [0.2, 0.25) is 0 Å². The van der Waals surface area contributed by atoms with Gasteiger partial charge in [-0.05, 0) is 51.9 Å². The summed E-state index contributed by atoms with van der Waals surface area (Å²) in [5, 5.41) is 21.2. The maximum Gasteiger partial charge on any atom is 0.409 e. The third-order valence-corrected chi connectivity index (χ3v) is 7.14. The maximum absolute atomic E-state index is 11.9. The van der Waals surface area contributed by atoms with E-state index < -0.39 is 6.10 Å². The predicted molar refractivity (Wildman–Crippen MR) is 149 cm³/mol. The fourth-order valence-corrected chi connectivity index (χ4v) is 4.87. The molecular weight excluding hydrogens is 547 g/mol. The van der Waals surface area contributed by atoms with E-state index in [0.29, 0.717) is 88.2 Å². The standard InChI is InChI=1S/C26H32Cl2N6O5/c1-14-21(15(2)39-33-14)23-22(28)25(30-16-7-9-34(10-8-16)26(36)37-4)32-24(31-23)19-11-18(5-6-20(19)27)38-13-17(35)12-29-3/h5-6,11,16-17,29,35H,7-10,12-13H2,1-4H3,(H,30,31,32)/t17-/m0/s1. The summed E-state index contributed by atoms with van der Waals surface area (Å²) in [7, 11) is 3.13. The Morgan fingerprint density at radius 2 is 2.00 bits per heavy atom. The van der Waals surface area contributed by atoms with Crippen molar-refractivity contribution >= 4 is 35.1 Å². The van der Waals surface area contributed by atoms with Crippen molar-refractivity contribution in [1.82, 2.24) is 25.3 Å². The number of aromatic nitrogens is 3. The molecule has 2 aromatic heterocycles. The first-order chi connectivity index (χ1) is 18.7. The van der Waals surface area contributed by atoms with Crippen LogP contribution in [0.2, 0.25) is 10.0 Å². The van der Waals surface area contributed by atoms with Gasteiger partial charge in [0, 0.05) is 31.2 Å². The number of halogens is 2. The lowest BCUT2D eigenvalue weighted by Crippen LogP contribution is -2.42. The van der Waals surface area contributed by atoms with Crippen molar-refractivity contribution in [3.63, 3.8) is 0 Å². The summed E-state index contributed by atoms with van der Waals surface area (Å²) in [4.78, 5) is 23.1. The van der Waals surface area contributed by atoms with Crippen LogP contribution in [0.1, 0.15) is 24.3 Å². The summed E-state index contributed by atoms with van der Waals surface area (Å²) < 4.78 is 16.0. The number of hydrogen-bond acceptors (Lipinski definition) is 10. The number of benzene rings is 1. The summed E-state index contributed by atoms with van der Waals surface area (Å²) in [5.41, 5.74) is 2.30. The van der Waals surface area contributed by atoms with E-state index in [1.807, 2.05) is 6.92 Å². The molecule has 11 nitrogen and oxygen atoms in total. The molecule has 1 atom stereocenters. The van der Waals surface area contributed by atoms with Gasteiger partial charge in [-0.3, -0.25) is 0 Å². The van der Waals surface area contributed by atoms with Gasteiger partial charge in [-0.25, -0.2) is 14.8 Å². The molecule has 1 saturated heterocycles. The quantitative estimate of drug-likeness (QED) is 0.336. The number of aliphatic hydroxyl groups excluding tert-OH is 1. The number of ether oxygens (including phenoxy) is 2. The SMILES string of the molecule is CNC[C@H](O)COc1ccc(Cl)c(-c2nc(NC3CCN(C(=O)OC)CC3)c(Cl)c(-c3c(C)noc3C)n2)c1. The normalized spacial score (nSPS) is 14.8. The Bertz CT molecular complexity index is 1290. The fourth-order valence-electron chi connectivity index (χ4n) is 4.43. The number of nitrogens with zero attached hydrogens (tertiary/aromatic N) is 4. The van der Waals surface area contributed by atoms with Gasteiger partial charge in [0.15, 0.2) is 5.82 Å². The Kier molecular flexibility index (Phi) is 9.49. The summed E-state index contributed by atoms with van der Waals surface area (Å²) in [6.45, 7) is 5.20. The van der Waals surface area contributed by atoms with Crippen molar-refractivity contribution in [3.8, 4) is 28.4 Å². The van der Waals surface area contributed by atoms with Crippen molar-refractivity contribution < 1.29 is 23.9 Å². The Balaban J connectivity index is 1.70. The maximum atomic E-state index is 11.9. The predicted octanol–water partition coefficient (Wildman–Crippen LogP) is 4.32. The number of likely N-dealkylation sites (tertiary alicyclic amines) is 1. The van der Waals surface area contributed by atoms with Gasteiger partial charge in [-0.2, -0.15) is 0 Å². The Morgan fingerprint density at radius 1 is 1.26 bits per heavy atom. The molecule has 0 saturated carbocycles. The number of rotatable bonds is 9. The second-order valence-corrected chi connectivity index (χ2v) is 10.1. The summed E-state index contributed by atoms with van der Waals surface area (Å²) in [5.74, 6) is 1.83. The number of aliphatic hydroxyl groups is 1. The van der Waals surface area contributed by atoms with Gasteiger partial charge in [-0.15, -0.1) is 0 Å². The molecule has 0 aliphatic carbocycles. The molecule has 1 aliphatic heterocycles. The lowest BCUT2D eigenvalue weighted by molar-refractivity contribution is 0.108. The number of carbonyl (C=O) groups is 1. The summed E-state index contributed by atoms with van der Waals surface area (Å²) in [6.07, 6.45) is 0.356. The topological polar surface area (TPSA) is 135 Å². The van der Waals surface area contributed by atoms with Crippen molar-refractivity contribution in [2.45, 2.75) is 38.8 Å². The van der Waals surface area contributed by atoms with E-state index in [1.165, 1.54) is 7.11 Å². The van der Waals surface area contributed by atoms with Crippen LogP contribution in [0.5, 0.6) is 5.75 Å². The summed E-state index contributed by atoms with van der Waals surface area (Å²) >= 11 is 13.5. The van der Waals surface area contributed by atoms with Gasteiger partial charge >= 0.3 is 6.09 Å². The molecular formula is C26H32Cl2N6O5. The van der Waals surface area contributed by atoms with Crippen LogP contribution in [-0.4, -0.2) is 83.8 Å². The highest BCUT2D eigenvalue weighted by Gasteiger charge is 2.27. The number of likely N-dealkylation sites (N-methyl/N-ethyl adjacent to an activating group) is 1. The Labute approximate surface area is 236 Å². The highest BCUT2D eigenvalue weighted by Crippen LogP contribution is 2.39. The molecule has 1 aliphatic rings. The average molecular weight is 579 g/mol. The minimum Gasteiger partial charge on any atom is -0.491 e. The minimum atomic E-state index is -0.673. The van der Waals surface area contributed by atoms with Gasteiger partial charge < -0.3 is 34.6 Å². The molecule has 0 radical (unpaired) electrons. The number of carbonyl (C=O) groups excluding carboxylic acids is 1. The third kappa shape index (κ3) is 6.73. The number of piperidine rings is 1. The largest absolute Gasteiger partial charge is 0.491 e. The lowest BCUT2D eigenvalue weighted by Gasteiger charge is -2.31. The number of hydrogen-bond donors (Lipinski definition) is 3. The van der Waals surface area contributed by atoms with Gasteiger partial charge in [0.25, 0.3) is 0 Å². The highest BCUT2D eigenvalue weighted by molar-refractivity contribution is 6.35. The molecule has 3 heterocycles. The molecule has 3 aromatic rings. The molecule has 1 amide bonds. The third-order valence-electron chi connectivity index (χ3n) is 6.45. The average Bonchev–Trinajstić information content (AvgIpc) is 3.27. The van der Waals surface area contributed by atoms with E-state index in [2.05, 4.69) is 15.8 Å². The summed E-state index contributed by atoms with van der Waals surface area (Å²) in [6, 6.07) is 5.16. The number of aryl methyl sites for hydroxylation is 2. The van der Waals surface area contributed by atoms with Crippen LogP contribution in [0.25, 0.3) is 22.6 Å². The zero-order valence-electron chi connectivity index (χ0n) is 22.3. The van der Waals surface area contributed by atoms with E-state index in [4.69, 9.17) is 47.2 Å². The number of methoxy groups -OCH3 is 1. The van der Waals surface area contributed by atoms with Crippen molar-refractivity contribution in [1.29, 1.82) is 0 Å². The monoisotopic (exact) mass is 578 g/mol. The van der Waals surface area contributed by atoms with E-state index >= 15 is 0 Å². The lowest BCUT2D eigenvalue weighted by atomic mass is 10.0. The molecule has 1 aromatic carbocycles. The van der Waals surface area contributed by atoms with E-state index in [-0.39, 0.29) is 18.7 Å². The fraction of sp³-hybridized carbons (Fsp3) is 0.462. The van der Waals surface area contributed by atoms with Crippen LogP contribution in [0, 0.1) is 13.8 Å². The number of nitrogens with one attached hydrogen (secondary N) is 2. The zero-order chi connectivity index (χ0) is 28.1. The molecule has 39 heavy (non-hydrogen) atoms. The van der Waals surface area contributed by atoms with E-state index in [9.17, 15) is 9.90 Å². The molecule has 0 spiro atoms. The van der Waals surface area contributed by atoms with Crippen molar-refractivity contribution in [2.75, 3.05) is 45.7 Å². The first kappa shape index (κ1) is 28.9. The molecule has 0 bridgehead atoms. The van der Waals surface area contributed by atoms with Crippen molar-refractivity contribution in [2.24, 2.45) is 0 Å². The van der Waals surface area contributed by atoms with Gasteiger partial charge in [-0.1, -0.05) is 28.4 Å².